The number of furan rings is 1. The van der Waals surface area contributed by atoms with E-state index in [1.807, 2.05) is 38.1 Å². The van der Waals surface area contributed by atoms with Crippen molar-refractivity contribution in [2.45, 2.75) is 64.3 Å². The molecule has 2 aromatic rings. The van der Waals surface area contributed by atoms with Gasteiger partial charge in [0, 0.05) is 23.7 Å². The van der Waals surface area contributed by atoms with Gasteiger partial charge in [0.25, 0.3) is 0 Å². The Morgan fingerprint density at radius 2 is 1.83 bits per heavy atom. The molecule has 2 fully saturated rings. The molecule has 1 aliphatic heterocycles. The highest BCUT2D eigenvalue weighted by molar-refractivity contribution is 6.30. The molecule has 1 saturated heterocycles. The van der Waals surface area contributed by atoms with Gasteiger partial charge in [-0.3, -0.25) is 9.69 Å². The zero-order valence-electron chi connectivity index (χ0n) is 18.2. The summed E-state index contributed by atoms with van der Waals surface area (Å²) < 4.78 is 5.66. The van der Waals surface area contributed by atoms with E-state index in [0.29, 0.717) is 5.92 Å². The Hall–Kier alpha value is -1.78. The summed E-state index contributed by atoms with van der Waals surface area (Å²) in [4.78, 5) is 15.8. The maximum atomic E-state index is 13.3. The van der Waals surface area contributed by atoms with E-state index in [9.17, 15) is 4.79 Å². The molecule has 0 radical (unpaired) electrons. The first-order valence-electron chi connectivity index (χ1n) is 11.3. The minimum atomic E-state index is -0.373. The summed E-state index contributed by atoms with van der Waals surface area (Å²) >= 11 is 6.07. The molecule has 2 aliphatic rings. The van der Waals surface area contributed by atoms with Crippen molar-refractivity contribution in [2.75, 3.05) is 19.6 Å². The van der Waals surface area contributed by atoms with Gasteiger partial charge in [0.15, 0.2) is 0 Å². The van der Waals surface area contributed by atoms with Gasteiger partial charge in [0.2, 0.25) is 5.91 Å². The quantitative estimate of drug-likeness (QED) is 0.670. The molecule has 1 amide bonds. The van der Waals surface area contributed by atoms with Crippen LogP contribution in [0, 0.1) is 19.8 Å². The van der Waals surface area contributed by atoms with Gasteiger partial charge in [0.05, 0.1) is 5.41 Å². The van der Waals surface area contributed by atoms with E-state index in [1.165, 1.54) is 5.56 Å². The van der Waals surface area contributed by atoms with Gasteiger partial charge in [-0.05, 0) is 82.3 Å². The lowest BCUT2D eigenvalue weighted by molar-refractivity contribution is -0.126. The number of carbonyl (C=O) groups excluding carboxylic acids is 1. The number of carbonyl (C=O) groups is 1. The fraction of sp³-hybridized carbons (Fsp3) is 0.560. The summed E-state index contributed by atoms with van der Waals surface area (Å²) in [6, 6.07) is 10.0. The monoisotopic (exact) mass is 428 g/mol. The molecule has 1 N–H and O–H groups in total. The average molecular weight is 429 g/mol. The van der Waals surface area contributed by atoms with Crippen LogP contribution in [0.2, 0.25) is 5.02 Å². The van der Waals surface area contributed by atoms with E-state index >= 15 is 0 Å². The topological polar surface area (TPSA) is 45.5 Å². The SMILES string of the molecule is Cc1cc(CN2CCC(CNC(=O)C3(c4ccc(Cl)cc4)CCCC3)CC2)c(C)o1. The maximum Gasteiger partial charge on any atom is 0.230 e. The third-order valence-electron chi connectivity index (χ3n) is 7.08. The van der Waals surface area contributed by atoms with Crippen molar-refractivity contribution in [1.29, 1.82) is 0 Å². The van der Waals surface area contributed by atoms with Gasteiger partial charge in [-0.2, -0.15) is 0 Å². The molecule has 1 aliphatic carbocycles. The molecular weight excluding hydrogens is 396 g/mol. The molecule has 1 aromatic heterocycles. The summed E-state index contributed by atoms with van der Waals surface area (Å²) in [7, 11) is 0. The summed E-state index contributed by atoms with van der Waals surface area (Å²) in [5, 5.41) is 4.04. The fourth-order valence-corrected chi connectivity index (χ4v) is 5.36. The lowest BCUT2D eigenvalue weighted by Gasteiger charge is -2.33. The van der Waals surface area contributed by atoms with Gasteiger partial charge < -0.3 is 9.73 Å². The summed E-state index contributed by atoms with van der Waals surface area (Å²) in [5.41, 5.74) is 2.04. The number of piperidine rings is 1. The van der Waals surface area contributed by atoms with Crippen LogP contribution >= 0.6 is 11.6 Å². The van der Waals surface area contributed by atoms with Crippen LogP contribution in [0.1, 0.15) is 61.2 Å². The molecule has 0 unspecified atom stereocenters. The predicted octanol–water partition coefficient (Wildman–Crippen LogP) is 5.39. The molecule has 1 saturated carbocycles. The van der Waals surface area contributed by atoms with Crippen LogP contribution in [0.15, 0.2) is 34.7 Å². The number of nitrogens with one attached hydrogen (secondary N) is 1. The van der Waals surface area contributed by atoms with Crippen molar-refractivity contribution in [3.05, 3.63) is 58.0 Å². The van der Waals surface area contributed by atoms with Gasteiger partial charge in [-0.25, -0.2) is 0 Å². The first-order chi connectivity index (χ1) is 14.5. The molecule has 1 aromatic carbocycles. The van der Waals surface area contributed by atoms with Crippen LogP contribution < -0.4 is 5.32 Å². The molecule has 2 heterocycles. The van der Waals surface area contributed by atoms with E-state index in [4.69, 9.17) is 16.0 Å². The van der Waals surface area contributed by atoms with Crippen LogP contribution in [-0.2, 0) is 16.8 Å². The maximum absolute atomic E-state index is 13.3. The Balaban J connectivity index is 1.30. The highest BCUT2D eigenvalue weighted by Crippen LogP contribution is 2.41. The smallest absolute Gasteiger partial charge is 0.230 e. The second kappa shape index (κ2) is 9.15. The molecule has 4 rings (SSSR count). The number of rotatable bonds is 6. The second-order valence-electron chi connectivity index (χ2n) is 9.16. The highest BCUT2D eigenvalue weighted by atomic mass is 35.5. The van der Waals surface area contributed by atoms with E-state index < -0.39 is 0 Å². The van der Waals surface area contributed by atoms with E-state index in [2.05, 4.69) is 16.3 Å². The first-order valence-corrected chi connectivity index (χ1v) is 11.7. The summed E-state index contributed by atoms with van der Waals surface area (Å²) in [6.45, 7) is 7.95. The van der Waals surface area contributed by atoms with Gasteiger partial charge >= 0.3 is 0 Å². The number of benzene rings is 1. The van der Waals surface area contributed by atoms with Crippen molar-refractivity contribution >= 4 is 17.5 Å². The van der Waals surface area contributed by atoms with Gasteiger partial charge in [0.1, 0.15) is 11.5 Å². The molecule has 0 bridgehead atoms. The number of hydrogen-bond acceptors (Lipinski definition) is 3. The standard InChI is InChI=1S/C25H33ClN2O2/c1-18-15-21(19(2)30-18)17-28-13-9-20(10-14-28)16-27-24(29)25(11-3-4-12-25)22-5-7-23(26)8-6-22/h5-8,15,20H,3-4,9-14,16-17H2,1-2H3,(H,27,29). The Labute approximate surface area is 185 Å². The van der Waals surface area contributed by atoms with Crippen LogP contribution in [0.3, 0.4) is 0 Å². The Morgan fingerprint density at radius 3 is 2.43 bits per heavy atom. The number of aryl methyl sites for hydroxylation is 2. The van der Waals surface area contributed by atoms with Crippen molar-refractivity contribution in [1.82, 2.24) is 10.2 Å². The largest absolute Gasteiger partial charge is 0.466 e. The first kappa shape index (κ1) is 21.5. The zero-order chi connectivity index (χ0) is 21.1. The van der Waals surface area contributed by atoms with Crippen molar-refractivity contribution in [3.63, 3.8) is 0 Å². The molecule has 5 heteroatoms. The summed E-state index contributed by atoms with van der Waals surface area (Å²) in [5.74, 6) is 2.78. The second-order valence-corrected chi connectivity index (χ2v) is 9.60. The normalized spacial score (nSPS) is 19.8. The minimum absolute atomic E-state index is 0.203. The Kier molecular flexibility index (Phi) is 6.54. The molecule has 4 nitrogen and oxygen atoms in total. The Bertz CT molecular complexity index is 860. The van der Waals surface area contributed by atoms with Crippen LogP contribution in [0.4, 0.5) is 0 Å². The van der Waals surface area contributed by atoms with Crippen LogP contribution in [0.5, 0.6) is 0 Å². The molecular formula is C25H33ClN2O2. The van der Waals surface area contributed by atoms with E-state index in [1.54, 1.807) is 0 Å². The Morgan fingerprint density at radius 1 is 1.17 bits per heavy atom. The van der Waals surface area contributed by atoms with Crippen LogP contribution in [0.25, 0.3) is 0 Å². The van der Waals surface area contributed by atoms with Crippen LogP contribution in [-0.4, -0.2) is 30.4 Å². The molecule has 30 heavy (non-hydrogen) atoms. The number of nitrogens with zero attached hydrogens (tertiary/aromatic N) is 1. The third-order valence-corrected chi connectivity index (χ3v) is 7.34. The van der Waals surface area contributed by atoms with Crippen molar-refractivity contribution < 1.29 is 9.21 Å². The number of halogens is 1. The molecule has 0 atom stereocenters. The molecule has 162 valence electrons. The minimum Gasteiger partial charge on any atom is -0.466 e. The van der Waals surface area contributed by atoms with Crippen molar-refractivity contribution in [3.8, 4) is 0 Å². The lowest BCUT2D eigenvalue weighted by atomic mass is 9.78. The highest BCUT2D eigenvalue weighted by Gasteiger charge is 2.42. The number of likely N-dealkylation sites (tertiary alicyclic amines) is 1. The van der Waals surface area contributed by atoms with Gasteiger partial charge in [-0.15, -0.1) is 0 Å². The predicted molar refractivity (Wildman–Crippen MR) is 121 cm³/mol. The summed E-state index contributed by atoms with van der Waals surface area (Å²) in [6.07, 6.45) is 6.35. The lowest BCUT2D eigenvalue weighted by Crippen LogP contribution is -2.45. The van der Waals surface area contributed by atoms with Crippen molar-refractivity contribution in [2.24, 2.45) is 5.92 Å². The average Bonchev–Trinajstić information content (AvgIpc) is 3.35. The third kappa shape index (κ3) is 4.60. The van der Waals surface area contributed by atoms with E-state index in [0.717, 1.165) is 86.8 Å². The zero-order valence-corrected chi connectivity index (χ0v) is 18.9. The number of hydrogen-bond donors (Lipinski definition) is 1. The van der Waals surface area contributed by atoms with E-state index in [-0.39, 0.29) is 11.3 Å². The molecule has 0 spiro atoms. The van der Waals surface area contributed by atoms with Gasteiger partial charge in [-0.1, -0.05) is 36.6 Å². The fourth-order valence-electron chi connectivity index (χ4n) is 5.23. The number of amides is 1.